The normalized spacial score (nSPS) is 10.9. The van der Waals surface area contributed by atoms with Gasteiger partial charge in [0, 0.05) is 5.02 Å². The topological polar surface area (TPSA) is 111 Å². The number of para-hydroxylation sites is 1. The summed E-state index contributed by atoms with van der Waals surface area (Å²) in [5.41, 5.74) is 2.42. The van der Waals surface area contributed by atoms with Crippen LogP contribution >= 0.6 is 34.7 Å². The van der Waals surface area contributed by atoms with E-state index in [2.05, 4.69) is 25.8 Å². The minimum atomic E-state index is -0.214. The fourth-order valence-corrected chi connectivity index (χ4v) is 5.60. The van der Waals surface area contributed by atoms with Crippen LogP contribution in [-0.2, 0) is 22.6 Å². The quantitative estimate of drug-likeness (QED) is 0.221. The van der Waals surface area contributed by atoms with Gasteiger partial charge < -0.3 is 15.4 Å². The molecular formula is C27H23ClN6O3S2. The first kappa shape index (κ1) is 26.7. The number of fused-ring (bicyclic) bond motifs is 1. The molecule has 5 rings (SSSR count). The van der Waals surface area contributed by atoms with E-state index in [0.717, 1.165) is 27.2 Å². The molecule has 0 saturated heterocycles. The molecular weight excluding hydrogens is 556 g/mol. The van der Waals surface area contributed by atoms with E-state index in [9.17, 15) is 9.59 Å². The first-order valence-corrected chi connectivity index (χ1v) is 14.0. The van der Waals surface area contributed by atoms with Crippen LogP contribution in [0.25, 0.3) is 15.9 Å². The van der Waals surface area contributed by atoms with Gasteiger partial charge in [-0.1, -0.05) is 65.0 Å². The predicted molar refractivity (Wildman–Crippen MR) is 154 cm³/mol. The maximum atomic E-state index is 12.7. The number of aromatic nitrogens is 4. The van der Waals surface area contributed by atoms with Crippen LogP contribution in [0.4, 0.5) is 5.13 Å². The zero-order valence-corrected chi connectivity index (χ0v) is 23.1. The number of carbonyl (C=O) groups is 2. The Hall–Kier alpha value is -3.93. The SMILES string of the molecule is COc1ccc(CC(=O)NCc2nnc(SCC(=O)Nc3nc4ccccc4s3)n2-c2cccc(Cl)c2)cc1. The smallest absolute Gasteiger partial charge is 0.236 e. The molecule has 2 heterocycles. The minimum Gasteiger partial charge on any atom is -0.497 e. The number of nitrogens with one attached hydrogen (secondary N) is 2. The zero-order valence-electron chi connectivity index (χ0n) is 20.8. The lowest BCUT2D eigenvalue weighted by atomic mass is 10.1. The monoisotopic (exact) mass is 578 g/mol. The second-order valence-corrected chi connectivity index (χ2v) is 10.7. The van der Waals surface area contributed by atoms with Crippen LogP contribution in [0, 0.1) is 0 Å². The predicted octanol–water partition coefficient (Wildman–Crippen LogP) is 5.13. The third-order valence-corrected chi connectivity index (χ3v) is 7.72. The Balaban J connectivity index is 1.27. The van der Waals surface area contributed by atoms with Crippen LogP contribution in [0.3, 0.4) is 0 Å². The molecule has 0 aliphatic heterocycles. The highest BCUT2D eigenvalue weighted by atomic mass is 35.5. The molecule has 12 heteroatoms. The van der Waals surface area contributed by atoms with E-state index in [0.29, 0.717) is 21.1 Å². The Morgan fingerprint density at radius 2 is 1.85 bits per heavy atom. The van der Waals surface area contributed by atoms with Gasteiger partial charge in [0.05, 0.1) is 41.7 Å². The maximum absolute atomic E-state index is 12.7. The summed E-state index contributed by atoms with van der Waals surface area (Å²) in [4.78, 5) is 29.8. The summed E-state index contributed by atoms with van der Waals surface area (Å²) in [6.45, 7) is 0.146. The van der Waals surface area contributed by atoms with Gasteiger partial charge in [0.1, 0.15) is 5.75 Å². The lowest BCUT2D eigenvalue weighted by Gasteiger charge is -2.11. The average Bonchev–Trinajstić information content (AvgIpc) is 3.54. The summed E-state index contributed by atoms with van der Waals surface area (Å²) in [6.07, 6.45) is 0.211. The number of hydrogen-bond acceptors (Lipinski definition) is 8. The van der Waals surface area contributed by atoms with Crippen molar-refractivity contribution in [3.05, 3.63) is 89.2 Å². The average molecular weight is 579 g/mol. The fraction of sp³-hybridized carbons (Fsp3) is 0.148. The zero-order chi connectivity index (χ0) is 27.2. The van der Waals surface area contributed by atoms with E-state index < -0.39 is 0 Å². The van der Waals surface area contributed by atoms with Gasteiger partial charge in [-0.2, -0.15) is 0 Å². The number of benzene rings is 3. The van der Waals surface area contributed by atoms with Crippen molar-refractivity contribution in [2.45, 2.75) is 18.1 Å². The molecule has 5 aromatic rings. The molecule has 0 spiro atoms. The summed E-state index contributed by atoms with van der Waals surface area (Å²) in [7, 11) is 1.60. The molecule has 198 valence electrons. The van der Waals surface area contributed by atoms with Gasteiger partial charge in [0.15, 0.2) is 16.1 Å². The number of amides is 2. The third-order valence-electron chi connectivity index (χ3n) is 5.61. The van der Waals surface area contributed by atoms with Crippen molar-refractivity contribution in [1.29, 1.82) is 0 Å². The first-order chi connectivity index (χ1) is 19.0. The lowest BCUT2D eigenvalue weighted by molar-refractivity contribution is -0.120. The largest absolute Gasteiger partial charge is 0.497 e. The summed E-state index contributed by atoms with van der Waals surface area (Å²) < 4.78 is 7.95. The molecule has 0 unspecified atom stereocenters. The van der Waals surface area contributed by atoms with Crippen molar-refractivity contribution in [1.82, 2.24) is 25.1 Å². The van der Waals surface area contributed by atoms with Crippen molar-refractivity contribution in [2.24, 2.45) is 0 Å². The number of thioether (sulfide) groups is 1. The van der Waals surface area contributed by atoms with E-state index in [1.165, 1.54) is 23.1 Å². The number of rotatable bonds is 10. The van der Waals surface area contributed by atoms with Crippen LogP contribution in [0.2, 0.25) is 5.02 Å². The Morgan fingerprint density at radius 1 is 1.03 bits per heavy atom. The second-order valence-electron chi connectivity index (χ2n) is 8.34. The van der Waals surface area contributed by atoms with Crippen molar-refractivity contribution in [3.63, 3.8) is 0 Å². The van der Waals surface area contributed by atoms with Gasteiger partial charge in [-0.05, 0) is 48.0 Å². The van der Waals surface area contributed by atoms with E-state index in [-0.39, 0.29) is 30.5 Å². The maximum Gasteiger partial charge on any atom is 0.236 e. The van der Waals surface area contributed by atoms with Gasteiger partial charge in [-0.3, -0.25) is 14.2 Å². The van der Waals surface area contributed by atoms with Crippen LogP contribution < -0.4 is 15.4 Å². The molecule has 0 aliphatic carbocycles. The number of halogens is 1. The molecule has 0 fully saturated rings. The Bertz CT molecular complexity index is 1590. The number of ether oxygens (including phenoxy) is 1. The molecule has 2 N–H and O–H groups in total. The molecule has 2 amide bonds. The Kier molecular flexibility index (Phi) is 8.40. The summed E-state index contributed by atoms with van der Waals surface area (Å²) >= 11 is 8.90. The van der Waals surface area contributed by atoms with Crippen molar-refractivity contribution in [2.75, 3.05) is 18.2 Å². The highest BCUT2D eigenvalue weighted by Crippen LogP contribution is 2.27. The van der Waals surface area contributed by atoms with E-state index in [1.807, 2.05) is 60.7 Å². The highest BCUT2D eigenvalue weighted by molar-refractivity contribution is 7.99. The summed E-state index contributed by atoms with van der Waals surface area (Å²) in [5, 5.41) is 15.9. The standard InChI is InChI=1S/C27H23ClN6O3S2/c1-37-20-11-9-17(10-12-20)13-24(35)29-15-23-32-33-27(34(23)19-6-4-5-18(28)14-19)38-16-25(36)31-26-30-21-7-2-3-8-22(21)39-26/h2-12,14H,13,15-16H2,1H3,(H,29,35)(H,30,31,36). The molecule has 9 nitrogen and oxygen atoms in total. The fourth-order valence-electron chi connectivity index (χ4n) is 3.76. The number of methoxy groups -OCH3 is 1. The van der Waals surface area contributed by atoms with Gasteiger partial charge in [-0.15, -0.1) is 10.2 Å². The summed E-state index contributed by atoms with van der Waals surface area (Å²) in [5.74, 6) is 0.958. The van der Waals surface area contributed by atoms with Crippen molar-refractivity contribution < 1.29 is 14.3 Å². The number of carbonyl (C=O) groups excluding carboxylic acids is 2. The Labute approximate surface area is 237 Å². The van der Waals surface area contributed by atoms with Gasteiger partial charge >= 0.3 is 0 Å². The van der Waals surface area contributed by atoms with Gasteiger partial charge in [0.25, 0.3) is 0 Å². The first-order valence-electron chi connectivity index (χ1n) is 11.9. The number of anilines is 1. The molecule has 0 radical (unpaired) electrons. The second kappa shape index (κ2) is 12.3. The summed E-state index contributed by atoms with van der Waals surface area (Å²) in [6, 6.07) is 22.3. The molecule has 39 heavy (non-hydrogen) atoms. The number of hydrogen-bond donors (Lipinski definition) is 2. The Morgan fingerprint density at radius 3 is 2.62 bits per heavy atom. The van der Waals surface area contributed by atoms with E-state index in [4.69, 9.17) is 16.3 Å². The van der Waals surface area contributed by atoms with Crippen LogP contribution in [0.15, 0.2) is 78.0 Å². The van der Waals surface area contributed by atoms with E-state index in [1.54, 1.807) is 23.8 Å². The molecule has 0 bridgehead atoms. The highest BCUT2D eigenvalue weighted by Gasteiger charge is 2.18. The van der Waals surface area contributed by atoms with Crippen LogP contribution in [0.1, 0.15) is 11.4 Å². The van der Waals surface area contributed by atoms with Gasteiger partial charge in [0.2, 0.25) is 11.8 Å². The minimum absolute atomic E-state index is 0.0957. The molecule has 2 aromatic heterocycles. The van der Waals surface area contributed by atoms with Gasteiger partial charge in [-0.25, -0.2) is 4.98 Å². The number of thiazole rings is 1. The molecule has 0 saturated carbocycles. The molecule has 0 aliphatic rings. The number of nitrogens with zero attached hydrogens (tertiary/aromatic N) is 4. The van der Waals surface area contributed by atoms with Crippen molar-refractivity contribution in [3.8, 4) is 11.4 Å². The molecule has 0 atom stereocenters. The van der Waals surface area contributed by atoms with Crippen LogP contribution in [-0.4, -0.2) is 44.4 Å². The van der Waals surface area contributed by atoms with Crippen molar-refractivity contribution >= 4 is 61.9 Å². The van der Waals surface area contributed by atoms with E-state index >= 15 is 0 Å². The van der Waals surface area contributed by atoms with Crippen LogP contribution in [0.5, 0.6) is 5.75 Å². The lowest BCUT2D eigenvalue weighted by Crippen LogP contribution is -2.26. The molecule has 3 aromatic carbocycles. The third kappa shape index (κ3) is 6.75.